The van der Waals surface area contributed by atoms with Gasteiger partial charge in [0.15, 0.2) is 18.1 Å². The molecule has 4 bridgehead atoms. The summed E-state index contributed by atoms with van der Waals surface area (Å²) in [4.78, 5) is 40.4. The molecule has 14 heteroatoms. The average Bonchev–Trinajstić information content (AvgIpc) is 3.47. The van der Waals surface area contributed by atoms with Crippen LogP contribution < -0.4 is 24.8 Å². The molecule has 13 nitrogen and oxygen atoms in total. The number of fused-ring (bicyclic) bond motifs is 5. The van der Waals surface area contributed by atoms with Crippen LogP contribution in [0.1, 0.15) is 28.8 Å². The molecule has 0 radical (unpaired) electrons. The van der Waals surface area contributed by atoms with Crippen molar-refractivity contribution in [3.8, 4) is 17.2 Å². The topological polar surface area (TPSA) is 150 Å². The summed E-state index contributed by atoms with van der Waals surface area (Å²) in [5.41, 5.74) is 0.753. The number of carbonyl (C=O) groups is 3. The lowest BCUT2D eigenvalue weighted by molar-refractivity contribution is -0.134. The summed E-state index contributed by atoms with van der Waals surface area (Å²) in [5.74, 6) is -0.728. The third-order valence-corrected chi connectivity index (χ3v) is 6.66. The molecular formula is C26H28FN7O6. The first-order valence-corrected chi connectivity index (χ1v) is 12.7. The minimum Gasteiger partial charge on any atom is -0.493 e. The number of hydrogen-bond acceptors (Lipinski definition) is 9. The summed E-state index contributed by atoms with van der Waals surface area (Å²) in [6.45, 7) is 0.595. The summed E-state index contributed by atoms with van der Waals surface area (Å²) in [6, 6.07) is 8.19. The van der Waals surface area contributed by atoms with Crippen molar-refractivity contribution in [3.05, 3.63) is 59.7 Å². The van der Waals surface area contributed by atoms with E-state index in [2.05, 4.69) is 26.2 Å². The first-order chi connectivity index (χ1) is 19.4. The van der Waals surface area contributed by atoms with E-state index < -0.39 is 29.8 Å². The maximum absolute atomic E-state index is 14.4. The monoisotopic (exact) mass is 553 g/mol. The van der Waals surface area contributed by atoms with Gasteiger partial charge in [-0.25, -0.2) is 9.07 Å². The summed E-state index contributed by atoms with van der Waals surface area (Å²) in [5, 5.41) is 16.6. The number of ether oxygens (including phenoxy) is 3. The number of aryl methyl sites for hydroxylation is 1. The Kier molecular flexibility index (Phi) is 8.03. The molecule has 5 rings (SSSR count). The summed E-state index contributed by atoms with van der Waals surface area (Å²) in [6.07, 6.45) is 1.44. The van der Waals surface area contributed by atoms with E-state index in [0.717, 1.165) is 0 Å². The van der Waals surface area contributed by atoms with Crippen LogP contribution in [0.4, 0.5) is 4.39 Å². The van der Waals surface area contributed by atoms with Crippen LogP contribution in [0.15, 0.2) is 42.7 Å². The standard InChI is InChI=1S/C26H28FN7O6/c1-38-22-3-2-17-10-23(22)39-14-24(35)28-12-16-8-18(27)11-19(9-16)40-21-4-6-33(13-20(21)30-26(17)37)25(36)5-7-34-15-29-31-32-34/h2-3,8-11,15,20-21H,4-7,12-14H2,1H3,(H,28,35)(H,30,37)/t20-,21+/m0/s1. The number of benzene rings is 2. The number of halogens is 1. The number of nitrogens with one attached hydrogen (secondary N) is 2. The molecule has 1 fully saturated rings. The predicted molar refractivity (Wildman–Crippen MR) is 136 cm³/mol. The highest BCUT2D eigenvalue weighted by molar-refractivity contribution is 5.95. The van der Waals surface area contributed by atoms with Gasteiger partial charge in [0.05, 0.1) is 19.7 Å². The first kappa shape index (κ1) is 26.8. The van der Waals surface area contributed by atoms with Crippen molar-refractivity contribution >= 4 is 17.7 Å². The number of nitrogens with zero attached hydrogens (tertiary/aromatic N) is 5. The van der Waals surface area contributed by atoms with E-state index >= 15 is 0 Å². The lowest BCUT2D eigenvalue weighted by Crippen LogP contribution is -2.58. The third-order valence-electron chi connectivity index (χ3n) is 6.66. The predicted octanol–water partition coefficient (Wildman–Crippen LogP) is 0.698. The van der Waals surface area contributed by atoms with E-state index in [1.165, 1.54) is 36.3 Å². The second-order valence-electron chi connectivity index (χ2n) is 9.41. The summed E-state index contributed by atoms with van der Waals surface area (Å²) < 4.78 is 33.0. The van der Waals surface area contributed by atoms with Gasteiger partial charge in [-0.1, -0.05) is 0 Å². The highest BCUT2D eigenvalue weighted by Crippen LogP contribution is 2.29. The average molecular weight is 554 g/mol. The molecule has 0 saturated carbocycles. The van der Waals surface area contributed by atoms with Gasteiger partial charge >= 0.3 is 0 Å². The number of methoxy groups -OCH3 is 1. The molecular weight excluding hydrogens is 525 g/mol. The molecule has 210 valence electrons. The van der Waals surface area contributed by atoms with Crippen molar-refractivity contribution in [2.24, 2.45) is 0 Å². The number of carbonyl (C=O) groups excluding carboxylic acids is 3. The Morgan fingerprint density at radius 1 is 1.23 bits per heavy atom. The van der Waals surface area contributed by atoms with E-state index in [-0.39, 0.29) is 49.1 Å². The van der Waals surface area contributed by atoms with Gasteiger partial charge in [-0.2, -0.15) is 0 Å². The van der Waals surface area contributed by atoms with Gasteiger partial charge in [0.1, 0.15) is 24.0 Å². The van der Waals surface area contributed by atoms with Crippen LogP contribution in [0.5, 0.6) is 17.2 Å². The van der Waals surface area contributed by atoms with Gasteiger partial charge in [-0.05, 0) is 46.3 Å². The fourth-order valence-electron chi connectivity index (χ4n) is 4.63. The Morgan fingerprint density at radius 2 is 2.10 bits per heavy atom. The van der Waals surface area contributed by atoms with Gasteiger partial charge < -0.3 is 29.7 Å². The van der Waals surface area contributed by atoms with Crippen LogP contribution in [-0.4, -0.2) is 81.8 Å². The minimum atomic E-state index is -0.607. The first-order valence-electron chi connectivity index (χ1n) is 12.7. The number of aromatic nitrogens is 4. The molecule has 2 atom stereocenters. The van der Waals surface area contributed by atoms with Crippen molar-refractivity contribution in [1.29, 1.82) is 0 Å². The molecule has 2 aromatic carbocycles. The Balaban J connectivity index is 1.41. The van der Waals surface area contributed by atoms with E-state index in [0.29, 0.717) is 30.8 Å². The second-order valence-corrected chi connectivity index (χ2v) is 9.41. The molecule has 0 unspecified atom stereocenters. The maximum Gasteiger partial charge on any atom is 0.258 e. The zero-order chi connectivity index (χ0) is 28.1. The van der Waals surface area contributed by atoms with Crippen LogP contribution in [0.25, 0.3) is 0 Å². The highest BCUT2D eigenvalue weighted by atomic mass is 19.1. The van der Waals surface area contributed by atoms with Gasteiger partial charge in [0.25, 0.3) is 11.8 Å². The Bertz CT molecular complexity index is 1390. The van der Waals surface area contributed by atoms with E-state index in [1.54, 1.807) is 23.1 Å². The number of tetrazole rings is 1. The van der Waals surface area contributed by atoms with Crippen molar-refractivity contribution in [2.75, 3.05) is 26.8 Å². The largest absolute Gasteiger partial charge is 0.493 e. The Labute approximate surface area is 228 Å². The van der Waals surface area contributed by atoms with E-state index in [1.807, 2.05) is 0 Å². The molecule has 3 aromatic rings. The Hall–Kier alpha value is -4.75. The fourth-order valence-corrected chi connectivity index (χ4v) is 4.63. The van der Waals surface area contributed by atoms with Crippen molar-refractivity contribution < 1.29 is 33.0 Å². The van der Waals surface area contributed by atoms with Gasteiger partial charge in [0, 0.05) is 44.1 Å². The van der Waals surface area contributed by atoms with Crippen molar-refractivity contribution in [3.63, 3.8) is 0 Å². The Morgan fingerprint density at radius 3 is 2.90 bits per heavy atom. The van der Waals surface area contributed by atoms with Crippen LogP contribution >= 0.6 is 0 Å². The molecule has 40 heavy (non-hydrogen) atoms. The molecule has 1 aromatic heterocycles. The zero-order valence-electron chi connectivity index (χ0n) is 21.7. The normalized spacial score (nSPS) is 19.4. The van der Waals surface area contributed by atoms with E-state index in [4.69, 9.17) is 14.2 Å². The molecule has 2 N–H and O–H groups in total. The third kappa shape index (κ3) is 6.45. The fraction of sp³-hybridized carbons (Fsp3) is 0.385. The number of likely N-dealkylation sites (tertiary alicyclic amines) is 1. The number of piperidine rings is 1. The highest BCUT2D eigenvalue weighted by Gasteiger charge is 2.34. The molecule has 0 spiro atoms. The lowest BCUT2D eigenvalue weighted by Gasteiger charge is -2.39. The molecule has 0 aliphatic carbocycles. The molecule has 2 aliphatic rings. The quantitative estimate of drug-likeness (QED) is 0.476. The molecule has 3 amide bonds. The van der Waals surface area contributed by atoms with Crippen LogP contribution in [-0.2, 0) is 22.7 Å². The number of hydrogen-bond donors (Lipinski definition) is 2. The molecule has 3 heterocycles. The van der Waals surface area contributed by atoms with Gasteiger partial charge in [-0.3, -0.25) is 14.4 Å². The van der Waals surface area contributed by atoms with Gasteiger partial charge in [-0.15, -0.1) is 5.10 Å². The van der Waals surface area contributed by atoms with Crippen LogP contribution in [0.2, 0.25) is 0 Å². The van der Waals surface area contributed by atoms with Crippen molar-refractivity contribution in [1.82, 2.24) is 35.7 Å². The smallest absolute Gasteiger partial charge is 0.258 e. The summed E-state index contributed by atoms with van der Waals surface area (Å²) in [7, 11) is 1.45. The lowest BCUT2D eigenvalue weighted by atomic mass is 10.0. The zero-order valence-corrected chi connectivity index (χ0v) is 21.7. The van der Waals surface area contributed by atoms with Crippen LogP contribution in [0, 0.1) is 5.82 Å². The minimum absolute atomic E-state index is 0.0574. The van der Waals surface area contributed by atoms with Crippen molar-refractivity contribution in [2.45, 2.75) is 38.1 Å². The summed E-state index contributed by atoms with van der Waals surface area (Å²) >= 11 is 0. The SMILES string of the molecule is COc1ccc2cc1OCC(=O)NCc1cc(F)cc(c1)O[C@@H]1CCN(C(=O)CCn3cnnn3)C[C@@H]1NC2=O. The van der Waals surface area contributed by atoms with E-state index in [9.17, 15) is 18.8 Å². The molecule has 2 aliphatic heterocycles. The van der Waals surface area contributed by atoms with Crippen LogP contribution in [0.3, 0.4) is 0 Å². The molecule has 1 saturated heterocycles. The maximum atomic E-state index is 14.4. The van der Waals surface area contributed by atoms with Gasteiger partial charge in [0.2, 0.25) is 5.91 Å². The number of amides is 3. The number of rotatable bonds is 4. The second kappa shape index (κ2) is 12.0.